The maximum absolute atomic E-state index is 13.0. The van der Waals surface area contributed by atoms with Gasteiger partial charge in [0.25, 0.3) is 17.2 Å². The van der Waals surface area contributed by atoms with E-state index in [1.807, 2.05) is 11.0 Å². The number of ether oxygens (including phenoxy) is 1. The van der Waals surface area contributed by atoms with Crippen molar-refractivity contribution >= 4 is 28.9 Å². The van der Waals surface area contributed by atoms with Crippen molar-refractivity contribution in [2.24, 2.45) is 7.05 Å². The van der Waals surface area contributed by atoms with Crippen LogP contribution in [0.4, 0.5) is 17.1 Å². The summed E-state index contributed by atoms with van der Waals surface area (Å²) in [5.74, 6) is -1.57. The predicted molar refractivity (Wildman–Crippen MR) is 138 cm³/mol. The minimum atomic E-state index is -1.25. The Morgan fingerprint density at radius 3 is 2.41 bits per heavy atom. The Morgan fingerprint density at radius 1 is 1.08 bits per heavy atom. The van der Waals surface area contributed by atoms with E-state index in [0.717, 1.165) is 19.3 Å². The van der Waals surface area contributed by atoms with Crippen LogP contribution in [0.15, 0.2) is 53.3 Å². The van der Waals surface area contributed by atoms with Gasteiger partial charge >= 0.3 is 5.97 Å². The van der Waals surface area contributed by atoms with Gasteiger partial charge in [-0.3, -0.25) is 24.4 Å². The number of aromatic nitrogens is 2. The van der Waals surface area contributed by atoms with E-state index in [2.05, 4.69) is 5.32 Å². The molecule has 0 spiro atoms. The van der Waals surface area contributed by atoms with E-state index in [9.17, 15) is 24.5 Å². The van der Waals surface area contributed by atoms with Crippen molar-refractivity contribution in [1.82, 2.24) is 9.36 Å². The molecule has 1 atom stereocenters. The van der Waals surface area contributed by atoms with Crippen LogP contribution in [-0.2, 0) is 16.6 Å². The summed E-state index contributed by atoms with van der Waals surface area (Å²) in [6.45, 7) is 4.49. The fourth-order valence-electron chi connectivity index (χ4n) is 4.42. The molecular weight excluding hydrogens is 478 g/mol. The lowest BCUT2D eigenvalue weighted by Gasteiger charge is -2.28. The van der Waals surface area contributed by atoms with Gasteiger partial charge < -0.3 is 15.0 Å². The first kappa shape index (κ1) is 25.7. The monoisotopic (exact) mass is 507 g/mol. The minimum absolute atomic E-state index is 0.0329. The van der Waals surface area contributed by atoms with Gasteiger partial charge in [0.1, 0.15) is 11.4 Å². The number of hydrogen-bond donors (Lipinski definition) is 1. The van der Waals surface area contributed by atoms with Crippen molar-refractivity contribution in [3.05, 3.63) is 80.3 Å². The summed E-state index contributed by atoms with van der Waals surface area (Å²) < 4.78 is 8.33. The van der Waals surface area contributed by atoms with Crippen LogP contribution < -0.4 is 15.8 Å². The Hall–Kier alpha value is -4.41. The number of rotatable bonds is 7. The van der Waals surface area contributed by atoms with Crippen LogP contribution in [0.1, 0.15) is 42.2 Å². The van der Waals surface area contributed by atoms with Crippen LogP contribution in [0.3, 0.4) is 0 Å². The second kappa shape index (κ2) is 10.7. The first-order valence-corrected chi connectivity index (χ1v) is 12.1. The van der Waals surface area contributed by atoms with Crippen molar-refractivity contribution in [2.45, 2.75) is 39.2 Å². The first-order chi connectivity index (χ1) is 17.7. The number of benzene rings is 2. The number of anilines is 2. The molecule has 0 saturated carbocycles. The SMILES string of the molecule is Cc1c(NC(=O)C(C)OC(=O)c2ccc(N3CCCCC3)c([N+](=O)[O-])c2)c(=O)n(-c2ccccc2)n1C. The highest BCUT2D eigenvalue weighted by Gasteiger charge is 2.27. The standard InChI is InChI=1S/C26H29N5O6/c1-17-23(25(33)30(28(17)3)20-10-6-4-7-11-20)27-24(32)18(2)37-26(34)19-12-13-21(22(16-19)31(35)36)29-14-8-5-9-15-29/h4,6-7,10-13,16,18H,5,8-9,14-15H2,1-3H3,(H,27,32). The van der Waals surface area contributed by atoms with Crippen molar-refractivity contribution in [3.8, 4) is 5.69 Å². The number of para-hydroxylation sites is 1. The molecule has 0 radical (unpaired) electrons. The maximum Gasteiger partial charge on any atom is 0.339 e. The van der Waals surface area contributed by atoms with E-state index in [1.54, 1.807) is 49.0 Å². The Kier molecular flexibility index (Phi) is 7.42. The zero-order chi connectivity index (χ0) is 26.7. The zero-order valence-corrected chi connectivity index (χ0v) is 21.0. The van der Waals surface area contributed by atoms with Crippen LogP contribution >= 0.6 is 0 Å². The highest BCUT2D eigenvalue weighted by Crippen LogP contribution is 2.31. The highest BCUT2D eigenvalue weighted by atomic mass is 16.6. The number of hydrogen-bond acceptors (Lipinski definition) is 7. The Labute approximate surface area is 213 Å². The normalized spacial score (nSPS) is 14.2. The zero-order valence-electron chi connectivity index (χ0n) is 21.0. The number of amides is 1. The summed E-state index contributed by atoms with van der Waals surface area (Å²) in [4.78, 5) is 51.7. The smallest absolute Gasteiger partial charge is 0.339 e. The van der Waals surface area contributed by atoms with Gasteiger partial charge in [-0.05, 0) is 57.4 Å². The molecule has 1 aliphatic rings. The molecule has 11 nitrogen and oxygen atoms in total. The minimum Gasteiger partial charge on any atom is -0.449 e. The number of nitro benzene ring substituents is 1. The summed E-state index contributed by atoms with van der Waals surface area (Å²) in [5, 5.41) is 14.3. The molecule has 37 heavy (non-hydrogen) atoms. The van der Waals surface area contributed by atoms with Gasteiger partial charge in [0, 0.05) is 26.2 Å². The third-order valence-electron chi connectivity index (χ3n) is 6.56. The van der Waals surface area contributed by atoms with Crippen LogP contribution in [0, 0.1) is 17.0 Å². The second-order valence-corrected chi connectivity index (χ2v) is 8.98. The second-order valence-electron chi connectivity index (χ2n) is 8.98. The fourth-order valence-corrected chi connectivity index (χ4v) is 4.42. The number of nitrogens with one attached hydrogen (secondary N) is 1. The van der Waals surface area contributed by atoms with Gasteiger partial charge in [-0.1, -0.05) is 18.2 Å². The Balaban J connectivity index is 1.49. The summed E-state index contributed by atoms with van der Waals surface area (Å²) >= 11 is 0. The molecule has 1 amide bonds. The summed E-state index contributed by atoms with van der Waals surface area (Å²) in [6.07, 6.45) is 1.73. The van der Waals surface area contributed by atoms with Gasteiger partial charge in [-0.25, -0.2) is 9.48 Å². The molecule has 2 heterocycles. The molecule has 1 N–H and O–H groups in total. The molecule has 3 aromatic rings. The van der Waals surface area contributed by atoms with E-state index < -0.39 is 28.5 Å². The van der Waals surface area contributed by atoms with Crippen molar-refractivity contribution < 1.29 is 19.2 Å². The topological polar surface area (TPSA) is 129 Å². The average Bonchev–Trinajstić information content (AvgIpc) is 3.11. The average molecular weight is 508 g/mol. The lowest BCUT2D eigenvalue weighted by molar-refractivity contribution is -0.384. The predicted octanol–water partition coefficient (Wildman–Crippen LogP) is 3.57. The van der Waals surface area contributed by atoms with Crippen LogP contribution in [0.25, 0.3) is 5.69 Å². The Morgan fingerprint density at radius 2 is 1.76 bits per heavy atom. The van der Waals surface area contributed by atoms with Crippen molar-refractivity contribution in [1.29, 1.82) is 0 Å². The largest absolute Gasteiger partial charge is 0.449 e. The molecule has 0 bridgehead atoms. The van der Waals surface area contributed by atoms with E-state index >= 15 is 0 Å². The quantitative estimate of drug-likeness (QED) is 0.294. The van der Waals surface area contributed by atoms with Gasteiger partial charge in [-0.15, -0.1) is 0 Å². The van der Waals surface area contributed by atoms with E-state index in [4.69, 9.17) is 4.74 Å². The molecule has 11 heteroatoms. The summed E-state index contributed by atoms with van der Waals surface area (Å²) in [6, 6.07) is 13.2. The third kappa shape index (κ3) is 5.25. The number of nitrogens with zero attached hydrogens (tertiary/aromatic N) is 4. The highest BCUT2D eigenvalue weighted by molar-refractivity contribution is 5.98. The summed E-state index contributed by atoms with van der Waals surface area (Å²) in [7, 11) is 1.70. The first-order valence-electron chi connectivity index (χ1n) is 12.1. The molecule has 1 saturated heterocycles. The fraction of sp³-hybridized carbons (Fsp3) is 0.346. The molecule has 0 aliphatic carbocycles. The molecule has 1 unspecified atom stereocenters. The number of carbonyl (C=O) groups excluding carboxylic acids is 2. The van der Waals surface area contributed by atoms with Crippen molar-refractivity contribution in [3.63, 3.8) is 0 Å². The number of esters is 1. The molecular formula is C26H29N5O6. The molecule has 2 aromatic carbocycles. The molecule has 4 rings (SSSR count). The Bertz CT molecular complexity index is 1390. The lowest BCUT2D eigenvalue weighted by Crippen LogP contribution is -2.32. The maximum atomic E-state index is 13.0. The van der Waals surface area contributed by atoms with Gasteiger partial charge in [0.05, 0.1) is 21.9 Å². The summed E-state index contributed by atoms with van der Waals surface area (Å²) in [5.41, 5.74) is 1.03. The van der Waals surface area contributed by atoms with Gasteiger partial charge in [0.15, 0.2) is 6.10 Å². The third-order valence-corrected chi connectivity index (χ3v) is 6.56. The van der Waals surface area contributed by atoms with E-state index in [1.165, 1.54) is 23.7 Å². The van der Waals surface area contributed by atoms with Crippen molar-refractivity contribution in [2.75, 3.05) is 23.3 Å². The molecule has 194 valence electrons. The van der Waals surface area contributed by atoms with Gasteiger partial charge in [0.2, 0.25) is 0 Å². The van der Waals surface area contributed by atoms with E-state index in [0.29, 0.717) is 30.2 Å². The molecule has 1 fully saturated rings. The number of piperidine rings is 1. The number of nitro groups is 1. The van der Waals surface area contributed by atoms with Crippen LogP contribution in [-0.4, -0.2) is 45.4 Å². The molecule has 1 aromatic heterocycles. The van der Waals surface area contributed by atoms with Gasteiger partial charge in [-0.2, -0.15) is 0 Å². The van der Waals surface area contributed by atoms with Crippen LogP contribution in [0.5, 0.6) is 0 Å². The lowest BCUT2D eigenvalue weighted by atomic mass is 10.1. The van der Waals surface area contributed by atoms with Crippen LogP contribution in [0.2, 0.25) is 0 Å². The van der Waals surface area contributed by atoms with E-state index in [-0.39, 0.29) is 16.9 Å². The number of carbonyl (C=O) groups is 2. The molecule has 1 aliphatic heterocycles.